The molecule has 0 aliphatic rings. The van der Waals surface area contributed by atoms with E-state index in [1.165, 1.54) is 16.7 Å². The van der Waals surface area contributed by atoms with Gasteiger partial charge in [-0.2, -0.15) is 5.10 Å². The van der Waals surface area contributed by atoms with Crippen LogP contribution < -0.4 is 14.9 Å². The summed E-state index contributed by atoms with van der Waals surface area (Å²) in [6.07, 6.45) is 2.07. The first-order chi connectivity index (χ1) is 12.1. The van der Waals surface area contributed by atoms with Crippen molar-refractivity contribution >= 4 is 5.71 Å². The summed E-state index contributed by atoms with van der Waals surface area (Å²) in [5.74, 6) is 1.46. The molecule has 0 atom stereocenters. The molecule has 0 aliphatic carbocycles. The summed E-state index contributed by atoms with van der Waals surface area (Å²) in [6.45, 7) is 7.03. The highest BCUT2D eigenvalue weighted by atomic mass is 16.5. The van der Waals surface area contributed by atoms with Gasteiger partial charge in [0.2, 0.25) is 0 Å². The quantitative estimate of drug-likeness (QED) is 0.574. The number of nitrogens with zero attached hydrogens (tertiary/aromatic N) is 1. The minimum Gasteiger partial charge on any atom is -0.493 e. The highest BCUT2D eigenvalue weighted by Gasteiger charge is 2.05. The van der Waals surface area contributed by atoms with E-state index in [0.29, 0.717) is 6.54 Å². The Kier molecular flexibility index (Phi) is 6.87. The minimum absolute atomic E-state index is 0.631. The summed E-state index contributed by atoms with van der Waals surface area (Å²) >= 11 is 0. The van der Waals surface area contributed by atoms with Crippen molar-refractivity contribution in [2.24, 2.45) is 5.10 Å². The Morgan fingerprint density at radius 2 is 1.52 bits per heavy atom. The number of hydrogen-bond donors (Lipinski definition) is 1. The fraction of sp³-hybridized carbons (Fsp3) is 0.381. The van der Waals surface area contributed by atoms with Crippen LogP contribution in [0.3, 0.4) is 0 Å². The summed E-state index contributed by atoms with van der Waals surface area (Å²) in [7, 11) is 3.28. The third-order valence-corrected chi connectivity index (χ3v) is 4.26. The van der Waals surface area contributed by atoms with E-state index in [4.69, 9.17) is 9.47 Å². The molecule has 2 rings (SSSR count). The first kappa shape index (κ1) is 18.8. The molecule has 1 N–H and O–H groups in total. The van der Waals surface area contributed by atoms with E-state index in [-0.39, 0.29) is 0 Å². The van der Waals surface area contributed by atoms with Crippen LogP contribution in [0, 0.1) is 0 Å². The Bertz CT molecular complexity index is 716. The maximum absolute atomic E-state index is 5.34. The van der Waals surface area contributed by atoms with Gasteiger partial charge in [0, 0.05) is 0 Å². The summed E-state index contributed by atoms with van der Waals surface area (Å²) < 4.78 is 10.6. The third-order valence-electron chi connectivity index (χ3n) is 4.26. The molecule has 0 saturated carbocycles. The normalized spacial score (nSPS) is 11.3. The predicted molar refractivity (Wildman–Crippen MR) is 104 cm³/mol. The Labute approximate surface area is 150 Å². The zero-order valence-electron chi connectivity index (χ0n) is 15.8. The van der Waals surface area contributed by atoms with Crippen LogP contribution in [-0.2, 0) is 19.4 Å². The fourth-order valence-corrected chi connectivity index (χ4v) is 2.68. The molecule has 4 nitrogen and oxygen atoms in total. The molecule has 0 bridgehead atoms. The lowest BCUT2D eigenvalue weighted by atomic mass is 10.0. The summed E-state index contributed by atoms with van der Waals surface area (Å²) in [5.41, 5.74) is 9.11. The Morgan fingerprint density at radius 1 is 0.880 bits per heavy atom. The van der Waals surface area contributed by atoms with Gasteiger partial charge in [-0.05, 0) is 66.3 Å². The number of ether oxygens (including phenoxy) is 2. The molecule has 0 amide bonds. The molecular weight excluding hydrogens is 312 g/mol. The van der Waals surface area contributed by atoms with Crippen LogP contribution in [0.4, 0.5) is 0 Å². The minimum atomic E-state index is 0.631. The van der Waals surface area contributed by atoms with E-state index in [0.717, 1.165) is 35.6 Å². The molecule has 2 aromatic rings. The summed E-state index contributed by atoms with van der Waals surface area (Å²) in [6, 6.07) is 12.6. The van der Waals surface area contributed by atoms with Gasteiger partial charge < -0.3 is 14.9 Å². The smallest absolute Gasteiger partial charge is 0.161 e. The van der Waals surface area contributed by atoms with Crippen LogP contribution in [0.15, 0.2) is 41.5 Å². The zero-order chi connectivity index (χ0) is 18.2. The highest BCUT2D eigenvalue weighted by Crippen LogP contribution is 2.27. The van der Waals surface area contributed by atoms with Crippen molar-refractivity contribution in [1.29, 1.82) is 0 Å². The molecule has 0 aromatic heterocycles. The Balaban J connectivity index is 2.09. The summed E-state index contributed by atoms with van der Waals surface area (Å²) in [4.78, 5) is 0. The van der Waals surface area contributed by atoms with E-state index < -0.39 is 0 Å². The van der Waals surface area contributed by atoms with Crippen LogP contribution in [0.2, 0.25) is 0 Å². The fourth-order valence-electron chi connectivity index (χ4n) is 2.68. The molecule has 0 unspecified atom stereocenters. The highest BCUT2D eigenvalue weighted by molar-refractivity contribution is 5.98. The standard InChI is InChI=1S/C21H28N2O2/c1-6-16-10-17(7-2)12-19(11-16)15(3)23-22-14-18-8-9-20(24-4)21(13-18)25-5/h8-13,22H,6-7,14H2,1-5H3/b23-15+. The van der Waals surface area contributed by atoms with E-state index in [9.17, 15) is 0 Å². The van der Waals surface area contributed by atoms with Crippen molar-refractivity contribution in [3.05, 3.63) is 58.7 Å². The van der Waals surface area contributed by atoms with E-state index in [1.54, 1.807) is 14.2 Å². The van der Waals surface area contributed by atoms with Crippen molar-refractivity contribution in [1.82, 2.24) is 5.43 Å². The van der Waals surface area contributed by atoms with Gasteiger partial charge in [-0.1, -0.05) is 26.0 Å². The zero-order valence-corrected chi connectivity index (χ0v) is 15.8. The molecule has 2 aromatic carbocycles. The Hall–Kier alpha value is -2.49. The van der Waals surface area contributed by atoms with Gasteiger partial charge in [-0.25, -0.2) is 0 Å². The maximum Gasteiger partial charge on any atom is 0.161 e. The van der Waals surface area contributed by atoms with Crippen molar-refractivity contribution in [2.45, 2.75) is 40.2 Å². The van der Waals surface area contributed by atoms with E-state index >= 15 is 0 Å². The van der Waals surface area contributed by atoms with Gasteiger partial charge >= 0.3 is 0 Å². The third kappa shape index (κ3) is 4.99. The number of aryl methyl sites for hydroxylation is 2. The molecule has 0 fully saturated rings. The molecule has 0 heterocycles. The lowest BCUT2D eigenvalue weighted by molar-refractivity contribution is 0.354. The number of rotatable bonds is 8. The van der Waals surface area contributed by atoms with Crippen LogP contribution in [0.25, 0.3) is 0 Å². The number of benzene rings is 2. The SMILES string of the molecule is CCc1cc(CC)cc(/C(C)=N/NCc2ccc(OC)c(OC)c2)c1. The molecule has 0 radical (unpaired) electrons. The largest absolute Gasteiger partial charge is 0.493 e. The van der Waals surface area contributed by atoms with E-state index in [1.807, 2.05) is 25.1 Å². The first-order valence-electron chi connectivity index (χ1n) is 8.72. The van der Waals surface area contributed by atoms with Crippen molar-refractivity contribution < 1.29 is 9.47 Å². The summed E-state index contributed by atoms with van der Waals surface area (Å²) in [5, 5.41) is 4.53. The lowest BCUT2D eigenvalue weighted by Gasteiger charge is -2.10. The van der Waals surface area contributed by atoms with Gasteiger partial charge in [0.05, 0.1) is 26.5 Å². The second-order valence-corrected chi connectivity index (χ2v) is 5.97. The van der Waals surface area contributed by atoms with Crippen LogP contribution in [0.5, 0.6) is 11.5 Å². The van der Waals surface area contributed by atoms with Crippen molar-refractivity contribution in [3.63, 3.8) is 0 Å². The Morgan fingerprint density at radius 3 is 2.08 bits per heavy atom. The molecule has 134 valence electrons. The van der Waals surface area contributed by atoms with Gasteiger partial charge in [-0.15, -0.1) is 0 Å². The number of hydrogen-bond acceptors (Lipinski definition) is 4. The van der Waals surface area contributed by atoms with Gasteiger partial charge in [0.15, 0.2) is 11.5 Å². The van der Waals surface area contributed by atoms with Gasteiger partial charge in [0.1, 0.15) is 0 Å². The second-order valence-electron chi connectivity index (χ2n) is 5.97. The van der Waals surface area contributed by atoms with Crippen molar-refractivity contribution in [3.8, 4) is 11.5 Å². The van der Waals surface area contributed by atoms with Gasteiger partial charge in [-0.3, -0.25) is 0 Å². The van der Waals surface area contributed by atoms with Crippen molar-refractivity contribution in [2.75, 3.05) is 14.2 Å². The van der Waals surface area contributed by atoms with E-state index in [2.05, 4.69) is 42.6 Å². The first-order valence-corrected chi connectivity index (χ1v) is 8.72. The molecule has 0 aliphatic heterocycles. The van der Waals surface area contributed by atoms with Crippen LogP contribution in [0.1, 0.15) is 43.0 Å². The average Bonchev–Trinajstić information content (AvgIpc) is 2.67. The molecule has 25 heavy (non-hydrogen) atoms. The molecule has 0 saturated heterocycles. The number of methoxy groups -OCH3 is 2. The number of hydrazone groups is 1. The topological polar surface area (TPSA) is 42.9 Å². The molecule has 0 spiro atoms. The average molecular weight is 340 g/mol. The maximum atomic E-state index is 5.34. The molecular formula is C21H28N2O2. The van der Waals surface area contributed by atoms with Crippen LogP contribution >= 0.6 is 0 Å². The molecule has 4 heteroatoms. The predicted octanol–water partition coefficient (Wildman–Crippen LogP) is 4.34. The monoisotopic (exact) mass is 340 g/mol. The lowest BCUT2D eigenvalue weighted by Crippen LogP contribution is -2.10. The second kappa shape index (κ2) is 9.11. The van der Waals surface area contributed by atoms with Crippen LogP contribution in [-0.4, -0.2) is 19.9 Å². The number of nitrogens with one attached hydrogen (secondary N) is 1. The van der Waals surface area contributed by atoms with Gasteiger partial charge in [0.25, 0.3) is 0 Å².